The van der Waals surface area contributed by atoms with Crippen LogP contribution in [0.2, 0.25) is 10.0 Å². The van der Waals surface area contributed by atoms with Crippen LogP contribution < -0.4 is 5.73 Å². The largest absolute Gasteiger partial charge is 0.398 e. The number of nitrogens with two attached hydrogens (primary N) is 1. The monoisotopic (exact) mass is 454 g/mol. The molecule has 0 saturated heterocycles. The average molecular weight is 455 g/mol. The molecule has 2 nitrogen and oxygen atoms in total. The standard InChI is InChI=1S/C28H20Cl2N2/c29-20-9-5-7-18(15-20)16-24-22-11-2-4-14-26(22)32-28(23-12-1-3-13-25(23)31)27(24)19-8-6-10-21(30)17-19/h1-15,17H,16,31H2. The van der Waals surface area contributed by atoms with Crippen molar-refractivity contribution in [2.45, 2.75) is 6.42 Å². The van der Waals surface area contributed by atoms with E-state index in [0.717, 1.165) is 43.9 Å². The summed E-state index contributed by atoms with van der Waals surface area (Å²) in [5, 5.41) is 2.50. The van der Waals surface area contributed by atoms with Gasteiger partial charge in [-0.3, -0.25) is 0 Å². The Balaban J connectivity index is 1.89. The van der Waals surface area contributed by atoms with Gasteiger partial charge in [-0.2, -0.15) is 0 Å². The van der Waals surface area contributed by atoms with E-state index in [-0.39, 0.29) is 0 Å². The fraction of sp³-hybridized carbons (Fsp3) is 0.0357. The van der Waals surface area contributed by atoms with Crippen LogP contribution in [0.4, 0.5) is 5.69 Å². The molecule has 0 radical (unpaired) electrons. The molecule has 0 atom stereocenters. The Morgan fingerprint density at radius 3 is 2.22 bits per heavy atom. The van der Waals surface area contributed by atoms with Gasteiger partial charge >= 0.3 is 0 Å². The van der Waals surface area contributed by atoms with Gasteiger partial charge in [0.2, 0.25) is 0 Å². The van der Waals surface area contributed by atoms with E-state index in [9.17, 15) is 0 Å². The topological polar surface area (TPSA) is 38.9 Å². The maximum atomic E-state index is 6.41. The van der Waals surface area contributed by atoms with Gasteiger partial charge in [0.05, 0.1) is 11.2 Å². The Morgan fingerprint density at radius 2 is 1.44 bits per heavy atom. The first kappa shape index (κ1) is 20.6. The molecule has 5 rings (SSSR count). The Morgan fingerprint density at radius 1 is 0.719 bits per heavy atom. The van der Waals surface area contributed by atoms with E-state index in [0.29, 0.717) is 17.1 Å². The number of anilines is 1. The summed E-state index contributed by atoms with van der Waals surface area (Å²) in [5.41, 5.74) is 14.1. The average Bonchev–Trinajstić information content (AvgIpc) is 2.79. The van der Waals surface area contributed by atoms with Gasteiger partial charge in [0, 0.05) is 32.2 Å². The van der Waals surface area contributed by atoms with Gasteiger partial charge < -0.3 is 5.73 Å². The third kappa shape index (κ3) is 3.95. The fourth-order valence-corrected chi connectivity index (χ4v) is 4.58. The van der Waals surface area contributed by atoms with Gasteiger partial charge in [0.25, 0.3) is 0 Å². The van der Waals surface area contributed by atoms with Gasteiger partial charge in [0.1, 0.15) is 0 Å². The highest BCUT2D eigenvalue weighted by Gasteiger charge is 2.20. The number of halogens is 2. The number of nitrogen functional groups attached to an aromatic ring is 1. The summed E-state index contributed by atoms with van der Waals surface area (Å²) < 4.78 is 0. The summed E-state index contributed by atoms with van der Waals surface area (Å²) in [5.74, 6) is 0. The van der Waals surface area contributed by atoms with Crippen molar-refractivity contribution < 1.29 is 0 Å². The molecule has 2 N–H and O–H groups in total. The minimum Gasteiger partial charge on any atom is -0.398 e. The first-order chi connectivity index (χ1) is 15.6. The van der Waals surface area contributed by atoms with Crippen LogP contribution >= 0.6 is 23.2 Å². The summed E-state index contributed by atoms with van der Waals surface area (Å²) in [4.78, 5) is 5.08. The van der Waals surface area contributed by atoms with E-state index in [1.165, 1.54) is 5.56 Å². The van der Waals surface area contributed by atoms with Gasteiger partial charge in [-0.25, -0.2) is 4.98 Å². The van der Waals surface area contributed by atoms with Crippen molar-refractivity contribution in [1.82, 2.24) is 4.98 Å². The second kappa shape index (κ2) is 8.66. The molecule has 0 bridgehead atoms. The summed E-state index contributed by atoms with van der Waals surface area (Å²) >= 11 is 12.7. The predicted molar refractivity (Wildman–Crippen MR) is 136 cm³/mol. The molecule has 0 spiro atoms. The highest BCUT2D eigenvalue weighted by atomic mass is 35.5. The van der Waals surface area contributed by atoms with Crippen molar-refractivity contribution in [3.63, 3.8) is 0 Å². The molecule has 0 saturated carbocycles. The lowest BCUT2D eigenvalue weighted by atomic mass is 9.88. The first-order valence-electron chi connectivity index (χ1n) is 10.4. The summed E-state index contributed by atoms with van der Waals surface area (Å²) in [6, 6.07) is 31.9. The Bertz CT molecular complexity index is 1440. The minimum atomic E-state index is 0.677. The quantitative estimate of drug-likeness (QED) is 0.279. The van der Waals surface area contributed by atoms with Crippen molar-refractivity contribution in [3.8, 4) is 22.4 Å². The van der Waals surface area contributed by atoms with Gasteiger partial charge in [-0.15, -0.1) is 0 Å². The van der Waals surface area contributed by atoms with Crippen LogP contribution in [0, 0.1) is 0 Å². The molecular formula is C28H20Cl2N2. The molecule has 0 aliphatic heterocycles. The maximum absolute atomic E-state index is 6.41. The minimum absolute atomic E-state index is 0.677. The van der Waals surface area contributed by atoms with Crippen LogP contribution in [0.3, 0.4) is 0 Å². The van der Waals surface area contributed by atoms with Crippen molar-refractivity contribution >= 4 is 39.8 Å². The number of hydrogen-bond donors (Lipinski definition) is 1. The van der Waals surface area contributed by atoms with Gasteiger partial charge in [-0.1, -0.05) is 83.9 Å². The summed E-state index contributed by atoms with van der Waals surface area (Å²) in [6.45, 7) is 0. The first-order valence-corrected chi connectivity index (χ1v) is 11.1. The lowest BCUT2D eigenvalue weighted by Gasteiger charge is -2.19. The van der Waals surface area contributed by atoms with Crippen molar-refractivity contribution in [1.29, 1.82) is 0 Å². The zero-order valence-electron chi connectivity index (χ0n) is 17.2. The Hall–Kier alpha value is -3.33. The van der Waals surface area contributed by atoms with Crippen LogP contribution in [-0.4, -0.2) is 4.98 Å². The van der Waals surface area contributed by atoms with Gasteiger partial charge in [-0.05, 0) is 59.5 Å². The SMILES string of the molecule is Nc1ccccc1-c1nc2ccccc2c(Cc2cccc(Cl)c2)c1-c1cccc(Cl)c1. The molecule has 32 heavy (non-hydrogen) atoms. The van der Waals surface area contributed by atoms with E-state index in [4.69, 9.17) is 33.9 Å². The molecule has 0 fully saturated rings. The molecule has 5 aromatic rings. The third-order valence-corrected chi connectivity index (χ3v) is 6.07. The molecule has 4 heteroatoms. The highest BCUT2D eigenvalue weighted by molar-refractivity contribution is 6.31. The number of hydrogen-bond acceptors (Lipinski definition) is 2. The van der Waals surface area contributed by atoms with Crippen molar-refractivity contribution in [3.05, 3.63) is 118 Å². The zero-order valence-corrected chi connectivity index (χ0v) is 18.7. The van der Waals surface area contributed by atoms with Crippen LogP contribution in [-0.2, 0) is 6.42 Å². The number of pyridine rings is 1. The van der Waals surface area contributed by atoms with E-state index < -0.39 is 0 Å². The number of rotatable bonds is 4. The molecule has 0 amide bonds. The Kier molecular flexibility index (Phi) is 5.57. The molecule has 0 aliphatic carbocycles. The second-order valence-electron chi connectivity index (χ2n) is 7.74. The van der Waals surface area contributed by atoms with Gasteiger partial charge in [0.15, 0.2) is 0 Å². The molecule has 0 unspecified atom stereocenters. The van der Waals surface area contributed by atoms with Crippen LogP contribution in [0.25, 0.3) is 33.3 Å². The summed E-state index contributed by atoms with van der Waals surface area (Å²) in [7, 11) is 0. The lowest BCUT2D eigenvalue weighted by molar-refractivity contribution is 1.20. The number of nitrogens with zero attached hydrogens (tertiary/aromatic N) is 1. The normalized spacial score (nSPS) is 11.1. The number of fused-ring (bicyclic) bond motifs is 1. The Labute approximate surface area is 197 Å². The molecule has 156 valence electrons. The van der Waals surface area contributed by atoms with E-state index in [2.05, 4.69) is 18.2 Å². The van der Waals surface area contributed by atoms with E-state index in [1.54, 1.807) is 0 Å². The smallest absolute Gasteiger partial charge is 0.0811 e. The summed E-state index contributed by atoms with van der Waals surface area (Å²) in [6.07, 6.45) is 0.700. The second-order valence-corrected chi connectivity index (χ2v) is 8.61. The third-order valence-electron chi connectivity index (χ3n) is 5.60. The number of para-hydroxylation sites is 2. The number of aromatic nitrogens is 1. The van der Waals surface area contributed by atoms with Crippen LogP contribution in [0.5, 0.6) is 0 Å². The lowest BCUT2D eigenvalue weighted by Crippen LogP contribution is -2.02. The molecule has 0 aliphatic rings. The van der Waals surface area contributed by atoms with E-state index in [1.807, 2.05) is 78.9 Å². The number of benzene rings is 4. The molecular weight excluding hydrogens is 435 g/mol. The molecule has 4 aromatic carbocycles. The van der Waals surface area contributed by atoms with Crippen molar-refractivity contribution in [2.24, 2.45) is 0 Å². The van der Waals surface area contributed by atoms with Crippen LogP contribution in [0.15, 0.2) is 97.1 Å². The highest BCUT2D eigenvalue weighted by Crippen LogP contribution is 2.41. The van der Waals surface area contributed by atoms with Crippen molar-refractivity contribution in [2.75, 3.05) is 5.73 Å². The van der Waals surface area contributed by atoms with E-state index >= 15 is 0 Å². The molecule has 1 heterocycles. The van der Waals surface area contributed by atoms with Crippen LogP contribution in [0.1, 0.15) is 11.1 Å². The fourth-order valence-electron chi connectivity index (χ4n) is 4.18. The predicted octanol–water partition coefficient (Wildman–Crippen LogP) is 8.05. The zero-order chi connectivity index (χ0) is 22.1. The maximum Gasteiger partial charge on any atom is 0.0811 e. The molecule has 1 aromatic heterocycles.